The number of aromatic nitrogens is 1. The number of fused-ring (bicyclic) bond motifs is 1. The molecule has 0 spiro atoms. The zero-order valence-electron chi connectivity index (χ0n) is 18.4. The number of aryl methyl sites for hydroxylation is 1. The zero-order chi connectivity index (χ0) is 22.0. The molecule has 0 radical (unpaired) electrons. The van der Waals surface area contributed by atoms with Gasteiger partial charge < -0.3 is 20.4 Å². The predicted molar refractivity (Wildman–Crippen MR) is 121 cm³/mol. The zero-order valence-corrected chi connectivity index (χ0v) is 18.4. The van der Waals surface area contributed by atoms with E-state index < -0.39 is 0 Å². The number of benzene rings is 1. The highest BCUT2D eigenvalue weighted by molar-refractivity contribution is 6.00. The van der Waals surface area contributed by atoms with Crippen molar-refractivity contribution in [1.82, 2.24) is 19.7 Å². The average Bonchev–Trinajstić information content (AvgIpc) is 3.20. The monoisotopic (exact) mass is 422 g/mol. The van der Waals surface area contributed by atoms with Crippen LogP contribution in [0.5, 0.6) is 0 Å². The van der Waals surface area contributed by atoms with Gasteiger partial charge in [0.1, 0.15) is 0 Å². The first-order valence-electron chi connectivity index (χ1n) is 10.7. The summed E-state index contributed by atoms with van der Waals surface area (Å²) in [7, 11) is 3.59. The molecule has 0 bridgehead atoms. The van der Waals surface area contributed by atoms with E-state index >= 15 is 0 Å². The standard InChI is InChI=1S/C23H30N6O2/c1-16-7-8-17(15-24-16)25-22(30)26-20-6-4-5-19-18(20)9-10-21(19)28-11-13-29(14-12-28)23(31)27(2)3/h4-8,15,21H,9-14H2,1-3H3,(H2,25,26,30). The van der Waals surface area contributed by atoms with Crippen molar-refractivity contribution in [2.24, 2.45) is 0 Å². The maximum atomic E-state index is 12.5. The second-order valence-corrected chi connectivity index (χ2v) is 8.40. The van der Waals surface area contributed by atoms with Gasteiger partial charge in [0.05, 0.1) is 11.9 Å². The molecule has 0 saturated carbocycles. The summed E-state index contributed by atoms with van der Waals surface area (Å²) in [5, 5.41) is 5.85. The van der Waals surface area contributed by atoms with Crippen LogP contribution in [-0.2, 0) is 6.42 Å². The van der Waals surface area contributed by atoms with E-state index in [1.54, 1.807) is 25.2 Å². The van der Waals surface area contributed by atoms with Crippen molar-refractivity contribution in [3.8, 4) is 0 Å². The summed E-state index contributed by atoms with van der Waals surface area (Å²) in [6, 6.07) is 9.98. The van der Waals surface area contributed by atoms with Gasteiger partial charge in [0.2, 0.25) is 0 Å². The molecule has 1 atom stereocenters. The van der Waals surface area contributed by atoms with Crippen LogP contribution in [0.1, 0.15) is 29.3 Å². The lowest BCUT2D eigenvalue weighted by Crippen LogP contribution is -2.51. The highest BCUT2D eigenvalue weighted by atomic mass is 16.2. The number of carbonyl (C=O) groups excluding carboxylic acids is 2. The van der Waals surface area contributed by atoms with Gasteiger partial charge in [-0.1, -0.05) is 12.1 Å². The van der Waals surface area contributed by atoms with Gasteiger partial charge in [0.15, 0.2) is 0 Å². The summed E-state index contributed by atoms with van der Waals surface area (Å²) in [5.41, 5.74) is 4.92. The third kappa shape index (κ3) is 4.64. The molecule has 1 unspecified atom stereocenters. The minimum atomic E-state index is -0.265. The van der Waals surface area contributed by atoms with Gasteiger partial charge in [-0.05, 0) is 49.1 Å². The fourth-order valence-corrected chi connectivity index (χ4v) is 4.46. The molecule has 1 aliphatic heterocycles. The molecule has 4 amide bonds. The molecule has 164 valence electrons. The van der Waals surface area contributed by atoms with Gasteiger partial charge in [0, 0.05) is 57.7 Å². The van der Waals surface area contributed by atoms with Crippen LogP contribution >= 0.6 is 0 Å². The lowest BCUT2D eigenvalue weighted by Gasteiger charge is -2.39. The third-order valence-corrected chi connectivity index (χ3v) is 6.06. The van der Waals surface area contributed by atoms with Gasteiger partial charge in [-0.25, -0.2) is 9.59 Å². The fourth-order valence-electron chi connectivity index (χ4n) is 4.46. The van der Waals surface area contributed by atoms with Crippen LogP contribution in [0, 0.1) is 6.92 Å². The summed E-state index contributed by atoms with van der Waals surface area (Å²) >= 11 is 0. The Morgan fingerprint density at radius 2 is 1.84 bits per heavy atom. The van der Waals surface area contributed by atoms with E-state index in [-0.39, 0.29) is 12.1 Å². The Morgan fingerprint density at radius 3 is 2.52 bits per heavy atom. The lowest BCUT2D eigenvalue weighted by atomic mass is 10.0. The highest BCUT2D eigenvalue weighted by Crippen LogP contribution is 2.39. The molecule has 1 aromatic carbocycles. The van der Waals surface area contributed by atoms with Crippen molar-refractivity contribution in [3.63, 3.8) is 0 Å². The van der Waals surface area contributed by atoms with Crippen molar-refractivity contribution in [1.29, 1.82) is 0 Å². The second-order valence-electron chi connectivity index (χ2n) is 8.40. The van der Waals surface area contributed by atoms with Crippen LogP contribution in [-0.4, -0.2) is 72.0 Å². The van der Waals surface area contributed by atoms with E-state index in [1.807, 2.05) is 36.1 Å². The number of hydrogen-bond donors (Lipinski definition) is 2. The second kappa shape index (κ2) is 8.93. The van der Waals surface area contributed by atoms with Crippen LogP contribution in [0.15, 0.2) is 36.5 Å². The Labute approximate surface area is 183 Å². The minimum Gasteiger partial charge on any atom is -0.331 e. The van der Waals surface area contributed by atoms with E-state index in [9.17, 15) is 9.59 Å². The summed E-state index contributed by atoms with van der Waals surface area (Å²) in [5.74, 6) is 0. The lowest BCUT2D eigenvalue weighted by molar-refractivity contribution is 0.0975. The molecule has 2 aromatic rings. The molecule has 31 heavy (non-hydrogen) atoms. The first-order chi connectivity index (χ1) is 14.9. The average molecular weight is 423 g/mol. The molecule has 2 heterocycles. The summed E-state index contributed by atoms with van der Waals surface area (Å²) in [4.78, 5) is 34.9. The molecule has 2 N–H and O–H groups in total. The molecule has 1 saturated heterocycles. The van der Waals surface area contributed by atoms with E-state index in [0.29, 0.717) is 11.7 Å². The van der Waals surface area contributed by atoms with Gasteiger partial charge in [-0.15, -0.1) is 0 Å². The van der Waals surface area contributed by atoms with E-state index in [0.717, 1.165) is 50.4 Å². The number of pyridine rings is 1. The van der Waals surface area contributed by atoms with Gasteiger partial charge in [0.25, 0.3) is 0 Å². The Morgan fingerprint density at radius 1 is 1.06 bits per heavy atom. The first kappa shape index (κ1) is 21.1. The number of nitrogens with zero attached hydrogens (tertiary/aromatic N) is 4. The molecular weight excluding hydrogens is 392 g/mol. The molecular formula is C23H30N6O2. The smallest absolute Gasteiger partial charge is 0.323 e. The fraction of sp³-hybridized carbons (Fsp3) is 0.435. The Hall–Kier alpha value is -3.13. The van der Waals surface area contributed by atoms with Gasteiger partial charge in [-0.2, -0.15) is 0 Å². The van der Waals surface area contributed by atoms with Crippen LogP contribution in [0.3, 0.4) is 0 Å². The molecule has 2 aliphatic rings. The topological polar surface area (TPSA) is 80.8 Å². The number of anilines is 2. The SMILES string of the molecule is Cc1ccc(NC(=O)Nc2cccc3c2CCC3N2CCN(C(=O)N(C)C)CC2)cn1. The van der Waals surface area contributed by atoms with Crippen molar-refractivity contribution >= 4 is 23.4 Å². The number of nitrogens with one attached hydrogen (secondary N) is 2. The van der Waals surface area contributed by atoms with E-state index in [4.69, 9.17) is 0 Å². The molecule has 4 rings (SSSR count). The molecule has 1 aliphatic carbocycles. The summed E-state index contributed by atoms with van der Waals surface area (Å²) in [6.45, 7) is 5.12. The normalized spacial score (nSPS) is 18.4. The van der Waals surface area contributed by atoms with Crippen molar-refractivity contribution in [3.05, 3.63) is 53.3 Å². The van der Waals surface area contributed by atoms with Gasteiger partial charge in [-0.3, -0.25) is 9.88 Å². The highest BCUT2D eigenvalue weighted by Gasteiger charge is 2.32. The Balaban J connectivity index is 1.40. The molecule has 1 aromatic heterocycles. The largest absolute Gasteiger partial charge is 0.331 e. The molecule has 1 fully saturated rings. The maximum Gasteiger partial charge on any atom is 0.323 e. The maximum absolute atomic E-state index is 12.5. The summed E-state index contributed by atoms with van der Waals surface area (Å²) < 4.78 is 0. The van der Waals surface area contributed by atoms with Crippen LogP contribution in [0.25, 0.3) is 0 Å². The van der Waals surface area contributed by atoms with Crippen LogP contribution in [0.2, 0.25) is 0 Å². The predicted octanol–water partition coefficient (Wildman–Crippen LogP) is 3.32. The number of hydrogen-bond acceptors (Lipinski definition) is 4. The quantitative estimate of drug-likeness (QED) is 0.795. The number of rotatable bonds is 3. The van der Waals surface area contributed by atoms with Crippen molar-refractivity contribution < 1.29 is 9.59 Å². The van der Waals surface area contributed by atoms with Crippen molar-refractivity contribution in [2.75, 3.05) is 50.9 Å². The Bertz CT molecular complexity index is 951. The van der Waals surface area contributed by atoms with Crippen LogP contribution < -0.4 is 10.6 Å². The van der Waals surface area contributed by atoms with Gasteiger partial charge >= 0.3 is 12.1 Å². The van der Waals surface area contributed by atoms with E-state index in [2.05, 4.69) is 26.6 Å². The number of urea groups is 2. The number of piperazine rings is 1. The van der Waals surface area contributed by atoms with Crippen molar-refractivity contribution in [2.45, 2.75) is 25.8 Å². The molecule has 8 nitrogen and oxygen atoms in total. The number of amides is 4. The van der Waals surface area contributed by atoms with E-state index in [1.165, 1.54) is 11.1 Å². The number of carbonyl (C=O) groups is 2. The van der Waals surface area contributed by atoms with Crippen LogP contribution in [0.4, 0.5) is 21.0 Å². The Kier molecular flexibility index (Phi) is 6.08. The first-order valence-corrected chi connectivity index (χ1v) is 10.7. The minimum absolute atomic E-state index is 0.0766. The third-order valence-electron chi connectivity index (χ3n) is 6.06. The summed E-state index contributed by atoms with van der Waals surface area (Å²) in [6.07, 6.45) is 3.61. The molecule has 8 heteroatoms.